The Morgan fingerprint density at radius 1 is 1.10 bits per heavy atom. The summed E-state index contributed by atoms with van der Waals surface area (Å²) in [6.45, 7) is 0. The van der Waals surface area contributed by atoms with Gasteiger partial charge < -0.3 is 10.1 Å². The topological polar surface area (TPSA) is 55.4 Å². The predicted molar refractivity (Wildman–Crippen MR) is 79.9 cm³/mol. The van der Waals surface area contributed by atoms with Gasteiger partial charge in [-0.2, -0.15) is 0 Å². The summed E-state index contributed by atoms with van der Waals surface area (Å²) in [5.74, 6) is -0.462. The van der Waals surface area contributed by atoms with Crippen LogP contribution in [0.3, 0.4) is 0 Å². The highest BCUT2D eigenvalue weighted by molar-refractivity contribution is 6.51. The summed E-state index contributed by atoms with van der Waals surface area (Å²) in [5, 5.41) is 2.68. The number of Topliss-reactive ketones (excluding diaryl/α,β-unsaturated/α-hetero) is 1. The maximum absolute atomic E-state index is 12.8. The smallest absolute Gasteiger partial charge is 0.258 e. The molecule has 5 heteroatoms. The Kier molecular flexibility index (Phi) is 3.18. The van der Waals surface area contributed by atoms with Gasteiger partial charge in [0.1, 0.15) is 5.75 Å². The number of halogens is 1. The monoisotopic (exact) mass is 301 g/mol. The number of benzene rings is 2. The normalized spacial score (nSPS) is 20.7. The molecule has 0 radical (unpaired) electrons. The molecular formula is C16H12ClNO3. The first kappa shape index (κ1) is 13.6. The number of nitrogens with one attached hydrogen (secondary N) is 1. The largest absolute Gasteiger partial charge is 0.497 e. The molecule has 1 unspecified atom stereocenters. The fraction of sp³-hybridized carbons (Fsp3) is 0.125. The number of methoxy groups -OCH3 is 1. The number of fused-ring (bicyclic) bond motifs is 1. The number of carbonyl (C=O) groups is 2. The second-order valence-electron chi connectivity index (χ2n) is 4.72. The number of anilines is 1. The van der Waals surface area contributed by atoms with Crippen LogP contribution < -0.4 is 10.1 Å². The zero-order valence-electron chi connectivity index (χ0n) is 11.2. The minimum absolute atomic E-state index is 0.341. The second-order valence-corrected chi connectivity index (χ2v) is 5.29. The average molecular weight is 302 g/mol. The quantitative estimate of drug-likeness (QED) is 0.685. The Balaban J connectivity index is 2.17. The molecular weight excluding hydrogens is 290 g/mol. The van der Waals surface area contributed by atoms with Gasteiger partial charge in [0.25, 0.3) is 5.91 Å². The van der Waals surface area contributed by atoms with Crippen molar-refractivity contribution >= 4 is 29.0 Å². The minimum Gasteiger partial charge on any atom is -0.497 e. The van der Waals surface area contributed by atoms with Crippen LogP contribution in [0.4, 0.5) is 5.69 Å². The van der Waals surface area contributed by atoms with Crippen LogP contribution >= 0.6 is 11.6 Å². The van der Waals surface area contributed by atoms with Crippen molar-refractivity contribution < 1.29 is 14.3 Å². The van der Waals surface area contributed by atoms with Crippen molar-refractivity contribution in [3.63, 3.8) is 0 Å². The maximum atomic E-state index is 12.8. The van der Waals surface area contributed by atoms with Gasteiger partial charge >= 0.3 is 0 Å². The van der Waals surface area contributed by atoms with Crippen molar-refractivity contribution in [2.45, 2.75) is 4.87 Å². The molecule has 2 aromatic rings. The Bertz CT molecular complexity index is 730. The molecule has 106 valence electrons. The lowest BCUT2D eigenvalue weighted by Crippen LogP contribution is -2.46. The van der Waals surface area contributed by atoms with E-state index in [1.54, 1.807) is 48.5 Å². The van der Waals surface area contributed by atoms with Gasteiger partial charge in [0.2, 0.25) is 4.87 Å². The third-order valence-electron chi connectivity index (χ3n) is 3.52. The highest BCUT2D eigenvalue weighted by atomic mass is 35.5. The number of amides is 1. The minimum atomic E-state index is -1.75. The average Bonchev–Trinajstić information content (AvgIpc) is 2.53. The van der Waals surface area contributed by atoms with Gasteiger partial charge in [-0.3, -0.25) is 9.59 Å². The number of alkyl halides is 1. The molecule has 1 heterocycles. The number of ketones is 1. The standard InChI is InChI=1S/C16H12ClNO3/c1-21-11-7-8-13-12(9-11)14(19)16(17,15(20)18-13)10-5-3-2-4-6-10/h2-9H,1H3,(H,18,20). The molecule has 1 atom stereocenters. The molecule has 0 saturated heterocycles. The summed E-state index contributed by atoms with van der Waals surface area (Å²) >= 11 is 6.42. The predicted octanol–water partition coefficient (Wildman–Crippen LogP) is 2.96. The van der Waals surface area contributed by atoms with Crippen molar-refractivity contribution in [3.8, 4) is 5.75 Å². The van der Waals surface area contributed by atoms with Gasteiger partial charge in [-0.05, 0) is 23.8 Å². The van der Waals surface area contributed by atoms with E-state index in [2.05, 4.69) is 5.32 Å². The van der Waals surface area contributed by atoms with Gasteiger partial charge in [0, 0.05) is 5.56 Å². The van der Waals surface area contributed by atoms with Gasteiger partial charge in [0.15, 0.2) is 5.78 Å². The third kappa shape index (κ3) is 1.99. The van der Waals surface area contributed by atoms with Gasteiger partial charge in [-0.25, -0.2) is 0 Å². The molecule has 0 bridgehead atoms. The first-order valence-electron chi connectivity index (χ1n) is 6.36. The molecule has 1 aliphatic heterocycles. The lowest BCUT2D eigenvalue weighted by molar-refractivity contribution is -0.117. The summed E-state index contributed by atoms with van der Waals surface area (Å²) in [6, 6.07) is 13.5. The van der Waals surface area contributed by atoms with Crippen molar-refractivity contribution in [1.82, 2.24) is 0 Å². The zero-order valence-corrected chi connectivity index (χ0v) is 12.0. The maximum Gasteiger partial charge on any atom is 0.258 e. The van der Waals surface area contributed by atoms with E-state index in [4.69, 9.17) is 16.3 Å². The van der Waals surface area contributed by atoms with Crippen molar-refractivity contribution in [3.05, 3.63) is 59.7 Å². The van der Waals surface area contributed by atoms with Crippen LogP contribution in [0, 0.1) is 0 Å². The van der Waals surface area contributed by atoms with Crippen molar-refractivity contribution in [2.24, 2.45) is 0 Å². The lowest BCUT2D eigenvalue weighted by atomic mass is 9.85. The van der Waals surface area contributed by atoms with E-state index in [0.717, 1.165) is 0 Å². The molecule has 0 spiro atoms. The SMILES string of the molecule is COc1ccc2c(c1)C(=O)C(Cl)(c1ccccc1)C(=O)N2. The van der Waals surface area contributed by atoms with Crippen molar-refractivity contribution in [1.29, 1.82) is 0 Å². The van der Waals surface area contributed by atoms with E-state index in [9.17, 15) is 9.59 Å². The molecule has 1 aliphatic rings. The summed E-state index contributed by atoms with van der Waals surface area (Å²) in [5.41, 5.74) is 1.23. The van der Waals surface area contributed by atoms with Crippen LogP contribution in [0.25, 0.3) is 0 Å². The Hall–Kier alpha value is -2.33. The van der Waals surface area contributed by atoms with Gasteiger partial charge in [-0.15, -0.1) is 0 Å². The van der Waals surface area contributed by atoms with Crippen LogP contribution in [0.15, 0.2) is 48.5 Å². The summed E-state index contributed by atoms with van der Waals surface area (Å²) in [6.07, 6.45) is 0. The molecule has 0 aliphatic carbocycles. The van der Waals surface area contributed by atoms with Crippen molar-refractivity contribution in [2.75, 3.05) is 12.4 Å². The molecule has 0 saturated carbocycles. The van der Waals surface area contributed by atoms with Crippen LogP contribution in [0.5, 0.6) is 5.75 Å². The van der Waals surface area contributed by atoms with E-state index in [-0.39, 0.29) is 0 Å². The fourth-order valence-electron chi connectivity index (χ4n) is 2.37. The van der Waals surface area contributed by atoms with Crippen LogP contribution in [-0.4, -0.2) is 18.8 Å². The molecule has 0 aromatic heterocycles. The van der Waals surface area contributed by atoms with Crippen LogP contribution in [0.1, 0.15) is 15.9 Å². The summed E-state index contributed by atoms with van der Waals surface area (Å²) in [4.78, 5) is 23.4. The van der Waals surface area contributed by atoms with E-state index in [0.29, 0.717) is 22.6 Å². The number of ether oxygens (including phenoxy) is 1. The molecule has 21 heavy (non-hydrogen) atoms. The van der Waals surface area contributed by atoms with E-state index >= 15 is 0 Å². The molecule has 3 rings (SSSR count). The number of hydrogen-bond donors (Lipinski definition) is 1. The van der Waals surface area contributed by atoms with E-state index in [1.165, 1.54) is 7.11 Å². The van der Waals surface area contributed by atoms with Gasteiger partial charge in [-0.1, -0.05) is 41.9 Å². The Labute approximate surface area is 126 Å². The number of rotatable bonds is 2. The highest BCUT2D eigenvalue weighted by Crippen LogP contribution is 2.40. The molecule has 4 nitrogen and oxygen atoms in total. The first-order valence-corrected chi connectivity index (χ1v) is 6.74. The Morgan fingerprint density at radius 3 is 2.48 bits per heavy atom. The van der Waals surface area contributed by atoms with Crippen LogP contribution in [0.2, 0.25) is 0 Å². The summed E-state index contributed by atoms with van der Waals surface area (Å²) in [7, 11) is 1.51. The Morgan fingerprint density at radius 2 is 1.81 bits per heavy atom. The molecule has 1 N–H and O–H groups in total. The first-order chi connectivity index (χ1) is 10.1. The molecule has 2 aromatic carbocycles. The molecule has 0 fully saturated rings. The van der Waals surface area contributed by atoms with E-state index < -0.39 is 16.6 Å². The zero-order chi connectivity index (χ0) is 15.0. The highest BCUT2D eigenvalue weighted by Gasteiger charge is 2.50. The van der Waals surface area contributed by atoms with Gasteiger partial charge in [0.05, 0.1) is 12.8 Å². The second kappa shape index (κ2) is 4.90. The number of hydrogen-bond acceptors (Lipinski definition) is 3. The fourth-order valence-corrected chi connectivity index (χ4v) is 2.65. The summed E-state index contributed by atoms with van der Waals surface area (Å²) < 4.78 is 5.12. The van der Waals surface area contributed by atoms with E-state index in [1.807, 2.05) is 0 Å². The number of carbonyl (C=O) groups excluding carboxylic acids is 2. The lowest BCUT2D eigenvalue weighted by Gasteiger charge is -2.30. The molecule has 1 amide bonds. The third-order valence-corrected chi connectivity index (χ3v) is 4.08. The van der Waals surface area contributed by atoms with Crippen LogP contribution in [-0.2, 0) is 9.67 Å².